The first kappa shape index (κ1) is 13.1. The number of hydrogen-bond acceptors (Lipinski definition) is 1. The zero-order chi connectivity index (χ0) is 13.1. The van der Waals surface area contributed by atoms with Crippen LogP contribution in [-0.4, -0.2) is 0 Å². The van der Waals surface area contributed by atoms with Crippen LogP contribution in [0.25, 0.3) is 0 Å². The molecule has 3 heteroatoms. The van der Waals surface area contributed by atoms with E-state index in [2.05, 4.69) is 6.92 Å². The van der Waals surface area contributed by atoms with E-state index in [9.17, 15) is 4.39 Å². The van der Waals surface area contributed by atoms with Gasteiger partial charge in [0.05, 0.1) is 11.1 Å². The summed E-state index contributed by atoms with van der Waals surface area (Å²) in [6.07, 6.45) is 0.982. The van der Waals surface area contributed by atoms with Crippen molar-refractivity contribution in [2.75, 3.05) is 0 Å². The van der Waals surface area contributed by atoms with Gasteiger partial charge in [0.2, 0.25) is 0 Å². The van der Waals surface area contributed by atoms with Crippen molar-refractivity contribution >= 4 is 11.6 Å². The second-order valence-electron chi connectivity index (χ2n) is 4.22. The maximum Gasteiger partial charge on any atom is 0.142 e. The van der Waals surface area contributed by atoms with Crippen LogP contribution in [0.1, 0.15) is 29.7 Å². The Morgan fingerprint density at radius 2 is 1.83 bits per heavy atom. The Morgan fingerprint density at radius 1 is 1.17 bits per heavy atom. The van der Waals surface area contributed by atoms with E-state index in [1.54, 1.807) is 12.1 Å². The van der Waals surface area contributed by atoms with E-state index in [-0.39, 0.29) is 5.02 Å². The highest BCUT2D eigenvalue weighted by Gasteiger charge is 2.14. The van der Waals surface area contributed by atoms with Gasteiger partial charge in [-0.25, -0.2) is 4.39 Å². The van der Waals surface area contributed by atoms with Gasteiger partial charge in [0.1, 0.15) is 5.82 Å². The molecular formula is C15H15ClFN. The van der Waals surface area contributed by atoms with Gasteiger partial charge in [-0.15, -0.1) is 0 Å². The highest BCUT2D eigenvalue weighted by atomic mass is 35.5. The molecule has 2 aromatic rings. The molecule has 2 rings (SSSR count). The van der Waals surface area contributed by atoms with Gasteiger partial charge in [-0.2, -0.15) is 0 Å². The topological polar surface area (TPSA) is 26.0 Å². The van der Waals surface area contributed by atoms with E-state index in [0.29, 0.717) is 5.56 Å². The smallest absolute Gasteiger partial charge is 0.142 e. The van der Waals surface area contributed by atoms with Gasteiger partial charge in [0.15, 0.2) is 0 Å². The predicted octanol–water partition coefficient (Wildman–Crippen LogP) is 4.09. The van der Waals surface area contributed by atoms with E-state index in [0.717, 1.165) is 12.0 Å². The molecule has 1 unspecified atom stereocenters. The molecule has 0 aromatic heterocycles. The van der Waals surface area contributed by atoms with Crippen molar-refractivity contribution in [1.82, 2.24) is 0 Å². The Hall–Kier alpha value is -1.38. The van der Waals surface area contributed by atoms with Gasteiger partial charge in [-0.3, -0.25) is 0 Å². The number of halogens is 2. The molecule has 0 amide bonds. The molecule has 0 bridgehead atoms. The van der Waals surface area contributed by atoms with Crippen molar-refractivity contribution in [2.24, 2.45) is 5.73 Å². The SMILES string of the molecule is CCc1ccc(C(N)c2cccc(F)c2Cl)cc1. The van der Waals surface area contributed by atoms with Gasteiger partial charge < -0.3 is 5.73 Å². The van der Waals surface area contributed by atoms with Crippen LogP contribution in [0.15, 0.2) is 42.5 Å². The first-order chi connectivity index (χ1) is 8.63. The van der Waals surface area contributed by atoms with Gasteiger partial charge in [-0.1, -0.05) is 54.9 Å². The summed E-state index contributed by atoms with van der Waals surface area (Å²) >= 11 is 5.94. The fourth-order valence-electron chi connectivity index (χ4n) is 1.90. The molecule has 0 heterocycles. The van der Waals surface area contributed by atoms with Crippen LogP contribution in [0, 0.1) is 5.82 Å². The van der Waals surface area contributed by atoms with Crippen LogP contribution in [0.2, 0.25) is 5.02 Å². The number of benzene rings is 2. The van der Waals surface area contributed by atoms with Gasteiger partial charge in [-0.05, 0) is 29.2 Å². The molecular weight excluding hydrogens is 249 g/mol. The maximum absolute atomic E-state index is 13.4. The average Bonchev–Trinajstić information content (AvgIpc) is 2.41. The van der Waals surface area contributed by atoms with Crippen molar-refractivity contribution in [3.63, 3.8) is 0 Å². The van der Waals surface area contributed by atoms with Gasteiger partial charge in [0.25, 0.3) is 0 Å². The molecule has 0 aliphatic heterocycles. The van der Waals surface area contributed by atoms with E-state index >= 15 is 0 Å². The zero-order valence-electron chi connectivity index (χ0n) is 10.2. The molecule has 1 nitrogen and oxygen atoms in total. The van der Waals surface area contributed by atoms with Crippen LogP contribution in [0.3, 0.4) is 0 Å². The average molecular weight is 264 g/mol. The minimum atomic E-state index is -0.435. The molecule has 0 saturated heterocycles. The summed E-state index contributed by atoms with van der Waals surface area (Å²) in [5.41, 5.74) is 8.92. The Kier molecular flexibility index (Phi) is 4.00. The van der Waals surface area contributed by atoms with E-state index in [1.807, 2.05) is 24.3 Å². The second-order valence-corrected chi connectivity index (χ2v) is 4.59. The summed E-state index contributed by atoms with van der Waals surface area (Å²) in [6, 6.07) is 12.3. The summed E-state index contributed by atoms with van der Waals surface area (Å²) < 4.78 is 13.4. The van der Waals surface area contributed by atoms with Gasteiger partial charge >= 0.3 is 0 Å². The van der Waals surface area contributed by atoms with Crippen LogP contribution >= 0.6 is 11.6 Å². The van der Waals surface area contributed by atoms with Crippen LogP contribution in [0.4, 0.5) is 4.39 Å². The molecule has 94 valence electrons. The molecule has 2 aromatic carbocycles. The van der Waals surface area contributed by atoms with Crippen molar-refractivity contribution in [1.29, 1.82) is 0 Å². The summed E-state index contributed by atoms with van der Waals surface area (Å²) in [4.78, 5) is 0. The fraction of sp³-hybridized carbons (Fsp3) is 0.200. The van der Waals surface area contributed by atoms with Crippen molar-refractivity contribution in [3.05, 3.63) is 70.0 Å². The lowest BCUT2D eigenvalue weighted by Crippen LogP contribution is -2.12. The zero-order valence-corrected chi connectivity index (χ0v) is 10.9. The second kappa shape index (κ2) is 5.51. The number of nitrogens with two attached hydrogens (primary N) is 1. The maximum atomic E-state index is 13.4. The summed E-state index contributed by atoms with van der Waals surface area (Å²) in [5.74, 6) is -0.435. The van der Waals surface area contributed by atoms with Crippen LogP contribution < -0.4 is 5.73 Å². The lowest BCUT2D eigenvalue weighted by Gasteiger charge is -2.15. The molecule has 0 spiro atoms. The summed E-state index contributed by atoms with van der Waals surface area (Å²) in [6.45, 7) is 2.10. The van der Waals surface area contributed by atoms with Crippen LogP contribution in [-0.2, 0) is 6.42 Å². The normalized spacial score (nSPS) is 12.4. The number of aryl methyl sites for hydroxylation is 1. The summed E-state index contributed by atoms with van der Waals surface area (Å²) in [5, 5.41) is 0.101. The predicted molar refractivity (Wildman–Crippen MR) is 73.3 cm³/mol. The minimum absolute atomic E-state index is 0.101. The molecule has 0 saturated carbocycles. The first-order valence-electron chi connectivity index (χ1n) is 5.91. The van der Waals surface area contributed by atoms with E-state index in [4.69, 9.17) is 17.3 Å². The highest BCUT2D eigenvalue weighted by Crippen LogP contribution is 2.28. The van der Waals surface area contributed by atoms with Crippen molar-refractivity contribution in [3.8, 4) is 0 Å². The van der Waals surface area contributed by atoms with E-state index < -0.39 is 11.9 Å². The third-order valence-electron chi connectivity index (χ3n) is 3.06. The third-order valence-corrected chi connectivity index (χ3v) is 3.46. The van der Waals surface area contributed by atoms with E-state index in [1.165, 1.54) is 11.6 Å². The largest absolute Gasteiger partial charge is 0.320 e. The first-order valence-corrected chi connectivity index (χ1v) is 6.29. The standard InChI is InChI=1S/C15H15ClFN/c1-2-10-6-8-11(9-7-10)15(18)12-4-3-5-13(17)14(12)16/h3-9,15H,2,18H2,1H3. The van der Waals surface area contributed by atoms with Gasteiger partial charge in [0, 0.05) is 0 Å². The Bertz CT molecular complexity index is 537. The number of hydrogen-bond donors (Lipinski definition) is 1. The lowest BCUT2D eigenvalue weighted by atomic mass is 9.98. The molecule has 0 aliphatic rings. The summed E-state index contributed by atoms with van der Waals surface area (Å²) in [7, 11) is 0. The monoisotopic (exact) mass is 263 g/mol. The minimum Gasteiger partial charge on any atom is -0.320 e. The highest BCUT2D eigenvalue weighted by molar-refractivity contribution is 6.31. The molecule has 18 heavy (non-hydrogen) atoms. The molecule has 1 atom stereocenters. The Balaban J connectivity index is 2.35. The van der Waals surface area contributed by atoms with Crippen LogP contribution in [0.5, 0.6) is 0 Å². The van der Waals surface area contributed by atoms with Crippen molar-refractivity contribution < 1.29 is 4.39 Å². The Labute approximate surface area is 111 Å². The third kappa shape index (κ3) is 2.55. The molecule has 0 radical (unpaired) electrons. The number of rotatable bonds is 3. The molecule has 0 fully saturated rings. The Morgan fingerprint density at radius 3 is 2.44 bits per heavy atom. The van der Waals surface area contributed by atoms with Crippen molar-refractivity contribution in [2.45, 2.75) is 19.4 Å². The fourth-order valence-corrected chi connectivity index (χ4v) is 2.14. The quantitative estimate of drug-likeness (QED) is 0.887. The molecule has 0 aliphatic carbocycles. The molecule has 2 N–H and O–H groups in total. The lowest BCUT2D eigenvalue weighted by molar-refractivity contribution is 0.624.